The van der Waals surface area contributed by atoms with Gasteiger partial charge in [-0.3, -0.25) is 0 Å². The van der Waals surface area contributed by atoms with Crippen molar-refractivity contribution in [3.8, 4) is 0 Å². The van der Waals surface area contributed by atoms with Gasteiger partial charge in [-0.15, -0.1) is 0 Å². The fraction of sp³-hybridized carbons (Fsp3) is 0.455. The fourth-order valence-corrected chi connectivity index (χ4v) is 2.08. The summed E-state index contributed by atoms with van der Waals surface area (Å²) in [7, 11) is 1.67. The molecule has 90 valence electrons. The van der Waals surface area contributed by atoms with Crippen molar-refractivity contribution in [3.63, 3.8) is 0 Å². The molecule has 1 nitrogen and oxygen atoms in total. The van der Waals surface area contributed by atoms with Crippen LogP contribution in [-0.4, -0.2) is 13.2 Å². The summed E-state index contributed by atoms with van der Waals surface area (Å²) in [5, 5.41) is 2.90. The number of nitrogens with one attached hydrogen (secondary N) is 1. The summed E-state index contributed by atoms with van der Waals surface area (Å²) in [4.78, 5) is 0. The molecular formula is C11H13BrF3N. The monoisotopic (exact) mass is 295 g/mol. The minimum atomic E-state index is -4.10. The maximum absolute atomic E-state index is 12.1. The SMILES string of the molecule is CNC(CCC(F)(F)F)c1ccccc1Br. The Kier molecular flexibility index (Phi) is 4.80. The van der Waals surface area contributed by atoms with Gasteiger partial charge in [0.15, 0.2) is 0 Å². The zero-order chi connectivity index (χ0) is 12.2. The molecule has 16 heavy (non-hydrogen) atoms. The highest BCUT2D eigenvalue weighted by Gasteiger charge is 2.28. The lowest BCUT2D eigenvalue weighted by molar-refractivity contribution is -0.136. The molecular weight excluding hydrogens is 283 g/mol. The van der Waals surface area contributed by atoms with Crippen molar-refractivity contribution < 1.29 is 13.2 Å². The Bertz CT molecular complexity index is 338. The van der Waals surface area contributed by atoms with Crippen LogP contribution in [0.3, 0.4) is 0 Å². The second-order valence-corrected chi connectivity index (χ2v) is 4.37. The minimum Gasteiger partial charge on any atom is -0.313 e. The molecule has 0 bridgehead atoms. The first-order valence-corrected chi connectivity index (χ1v) is 5.72. The lowest BCUT2D eigenvalue weighted by Gasteiger charge is -2.18. The summed E-state index contributed by atoms with van der Waals surface area (Å²) in [6.07, 6.45) is -4.83. The second kappa shape index (κ2) is 5.68. The molecule has 0 aliphatic rings. The first-order chi connectivity index (χ1) is 7.44. The Morgan fingerprint density at radius 3 is 2.44 bits per heavy atom. The Morgan fingerprint density at radius 1 is 1.31 bits per heavy atom. The van der Waals surface area contributed by atoms with Crippen molar-refractivity contribution in [1.82, 2.24) is 5.32 Å². The summed E-state index contributed by atoms with van der Waals surface area (Å²) >= 11 is 3.34. The van der Waals surface area contributed by atoms with Gasteiger partial charge in [-0.1, -0.05) is 34.1 Å². The predicted octanol–water partition coefficient (Wildman–Crippen LogP) is 4.05. The fourth-order valence-electron chi connectivity index (χ4n) is 1.52. The van der Waals surface area contributed by atoms with Crippen LogP contribution in [0.4, 0.5) is 13.2 Å². The van der Waals surface area contributed by atoms with Crippen LogP contribution in [0.25, 0.3) is 0 Å². The summed E-state index contributed by atoms with van der Waals surface area (Å²) in [6.45, 7) is 0. The molecule has 1 aromatic carbocycles. The summed E-state index contributed by atoms with van der Waals surface area (Å²) in [5.41, 5.74) is 0.856. The zero-order valence-electron chi connectivity index (χ0n) is 8.81. The molecule has 0 saturated carbocycles. The van der Waals surface area contributed by atoms with Crippen molar-refractivity contribution in [1.29, 1.82) is 0 Å². The van der Waals surface area contributed by atoms with Crippen molar-refractivity contribution in [3.05, 3.63) is 34.3 Å². The molecule has 0 heterocycles. The zero-order valence-corrected chi connectivity index (χ0v) is 10.4. The molecule has 1 rings (SSSR count). The summed E-state index contributed by atoms with van der Waals surface area (Å²) in [5.74, 6) is 0. The van der Waals surface area contributed by atoms with Crippen LogP contribution in [0.2, 0.25) is 0 Å². The lowest BCUT2D eigenvalue weighted by atomic mass is 10.0. The molecule has 0 aromatic heterocycles. The van der Waals surface area contributed by atoms with E-state index in [1.165, 1.54) is 0 Å². The highest BCUT2D eigenvalue weighted by Crippen LogP contribution is 2.30. The molecule has 0 aliphatic carbocycles. The molecule has 0 radical (unpaired) electrons. The quantitative estimate of drug-likeness (QED) is 0.883. The van der Waals surface area contributed by atoms with Gasteiger partial charge in [-0.2, -0.15) is 13.2 Å². The highest BCUT2D eigenvalue weighted by atomic mass is 79.9. The number of hydrogen-bond acceptors (Lipinski definition) is 1. The topological polar surface area (TPSA) is 12.0 Å². The van der Waals surface area contributed by atoms with Gasteiger partial charge in [0, 0.05) is 16.9 Å². The van der Waals surface area contributed by atoms with E-state index in [-0.39, 0.29) is 12.5 Å². The molecule has 0 amide bonds. The van der Waals surface area contributed by atoms with E-state index in [0.717, 1.165) is 10.0 Å². The van der Waals surface area contributed by atoms with Crippen molar-refractivity contribution in [2.45, 2.75) is 25.1 Å². The minimum absolute atomic E-state index is 0.0443. The molecule has 0 aliphatic heterocycles. The van der Waals surface area contributed by atoms with Crippen LogP contribution < -0.4 is 5.32 Å². The Hall–Kier alpha value is -0.550. The van der Waals surface area contributed by atoms with Crippen molar-refractivity contribution in [2.24, 2.45) is 0 Å². The Balaban J connectivity index is 2.72. The van der Waals surface area contributed by atoms with E-state index in [1.54, 1.807) is 7.05 Å². The predicted molar refractivity (Wildman–Crippen MR) is 61.2 cm³/mol. The third kappa shape index (κ3) is 4.14. The summed E-state index contributed by atoms with van der Waals surface area (Å²) in [6, 6.07) is 7.02. The van der Waals surface area contributed by atoms with E-state index in [2.05, 4.69) is 21.2 Å². The highest BCUT2D eigenvalue weighted by molar-refractivity contribution is 9.10. The second-order valence-electron chi connectivity index (χ2n) is 3.52. The lowest BCUT2D eigenvalue weighted by Crippen LogP contribution is -2.20. The van der Waals surface area contributed by atoms with Gasteiger partial charge in [0.2, 0.25) is 0 Å². The van der Waals surface area contributed by atoms with Crippen LogP contribution in [0.5, 0.6) is 0 Å². The third-order valence-corrected chi connectivity index (χ3v) is 3.07. The standard InChI is InChI=1S/C11H13BrF3N/c1-16-10(6-7-11(13,14)15)8-4-2-3-5-9(8)12/h2-5,10,16H,6-7H2,1H3. The molecule has 0 saturated heterocycles. The van der Waals surface area contributed by atoms with Gasteiger partial charge < -0.3 is 5.32 Å². The van der Waals surface area contributed by atoms with Crippen LogP contribution in [-0.2, 0) is 0 Å². The number of rotatable bonds is 4. The van der Waals surface area contributed by atoms with E-state index >= 15 is 0 Å². The van der Waals surface area contributed by atoms with Gasteiger partial charge in [0.25, 0.3) is 0 Å². The molecule has 0 fully saturated rings. The smallest absolute Gasteiger partial charge is 0.313 e. The first kappa shape index (κ1) is 13.5. The number of benzene rings is 1. The molecule has 1 atom stereocenters. The van der Waals surface area contributed by atoms with Gasteiger partial charge in [-0.25, -0.2) is 0 Å². The molecule has 1 aromatic rings. The van der Waals surface area contributed by atoms with E-state index < -0.39 is 12.6 Å². The van der Waals surface area contributed by atoms with E-state index in [4.69, 9.17) is 0 Å². The molecule has 5 heteroatoms. The van der Waals surface area contributed by atoms with Gasteiger partial charge >= 0.3 is 6.18 Å². The van der Waals surface area contributed by atoms with Gasteiger partial charge in [-0.05, 0) is 25.1 Å². The Morgan fingerprint density at radius 2 is 1.94 bits per heavy atom. The number of halogens is 4. The maximum Gasteiger partial charge on any atom is 0.389 e. The number of hydrogen-bond donors (Lipinski definition) is 1. The third-order valence-electron chi connectivity index (χ3n) is 2.35. The van der Waals surface area contributed by atoms with Gasteiger partial charge in [0.05, 0.1) is 0 Å². The van der Waals surface area contributed by atoms with Crippen molar-refractivity contribution in [2.75, 3.05) is 7.05 Å². The normalized spacial score (nSPS) is 13.8. The van der Waals surface area contributed by atoms with Crippen LogP contribution in [0, 0.1) is 0 Å². The number of alkyl halides is 3. The Labute approximate surface area is 101 Å². The van der Waals surface area contributed by atoms with Gasteiger partial charge in [0.1, 0.15) is 0 Å². The average Bonchev–Trinajstić information content (AvgIpc) is 2.20. The van der Waals surface area contributed by atoms with Crippen LogP contribution in [0.1, 0.15) is 24.4 Å². The molecule has 1 N–H and O–H groups in total. The summed E-state index contributed by atoms with van der Waals surface area (Å²) < 4.78 is 37.2. The first-order valence-electron chi connectivity index (χ1n) is 4.92. The van der Waals surface area contributed by atoms with Crippen LogP contribution >= 0.6 is 15.9 Å². The van der Waals surface area contributed by atoms with E-state index in [1.807, 2.05) is 24.3 Å². The van der Waals surface area contributed by atoms with Crippen LogP contribution in [0.15, 0.2) is 28.7 Å². The molecule has 0 spiro atoms. The maximum atomic E-state index is 12.1. The van der Waals surface area contributed by atoms with E-state index in [9.17, 15) is 13.2 Å². The van der Waals surface area contributed by atoms with Crippen molar-refractivity contribution >= 4 is 15.9 Å². The molecule has 1 unspecified atom stereocenters. The average molecular weight is 296 g/mol. The largest absolute Gasteiger partial charge is 0.389 e. The van der Waals surface area contributed by atoms with E-state index in [0.29, 0.717) is 0 Å².